The summed E-state index contributed by atoms with van der Waals surface area (Å²) in [6.45, 7) is 15.4. The molecule has 23 heavy (non-hydrogen) atoms. The topological polar surface area (TPSA) is 32.7 Å². The number of ether oxygens (including phenoxy) is 1. The van der Waals surface area contributed by atoms with Crippen LogP contribution in [0.3, 0.4) is 0 Å². The zero-order chi connectivity index (χ0) is 16.8. The molecule has 2 aliphatic carbocycles. The summed E-state index contributed by atoms with van der Waals surface area (Å²) >= 11 is 0. The number of nitrogens with zero attached hydrogens (tertiary/aromatic N) is 1. The maximum absolute atomic E-state index is 10.5. The standard InChI is InChI=1S/C20H37NO2/c1-14-8-15(2)11-21(10-14)12-17(22)13-23-18-9-16-6-7-20(18,5)19(16,3)4/h14-18,22H,6-13H2,1-5H3/t14-,15+,16-,17-,18-,20-/m1/s1. The number of fused-ring (bicyclic) bond motifs is 2. The number of hydrogen-bond donors (Lipinski definition) is 1. The van der Waals surface area contributed by atoms with Crippen molar-refractivity contribution >= 4 is 0 Å². The van der Waals surface area contributed by atoms with Crippen LogP contribution < -0.4 is 0 Å². The maximum atomic E-state index is 10.5. The molecule has 134 valence electrons. The number of aliphatic hydroxyl groups excluding tert-OH is 1. The van der Waals surface area contributed by atoms with Crippen LogP contribution in [-0.2, 0) is 4.74 Å². The summed E-state index contributed by atoms with van der Waals surface area (Å²) in [5.74, 6) is 2.30. The first-order valence-electron chi connectivity index (χ1n) is 9.74. The van der Waals surface area contributed by atoms with Crippen LogP contribution in [0.2, 0.25) is 0 Å². The van der Waals surface area contributed by atoms with Gasteiger partial charge >= 0.3 is 0 Å². The van der Waals surface area contributed by atoms with Crippen LogP contribution in [0.4, 0.5) is 0 Å². The molecule has 3 rings (SSSR count). The molecule has 0 aromatic carbocycles. The molecule has 1 N–H and O–H groups in total. The van der Waals surface area contributed by atoms with Crippen LogP contribution in [0.15, 0.2) is 0 Å². The van der Waals surface area contributed by atoms with Crippen molar-refractivity contribution in [1.29, 1.82) is 0 Å². The molecular formula is C20H37NO2. The molecule has 3 fully saturated rings. The van der Waals surface area contributed by atoms with Gasteiger partial charge < -0.3 is 14.7 Å². The third-order valence-electron chi connectivity index (χ3n) is 7.62. The lowest BCUT2D eigenvalue weighted by Gasteiger charge is -2.39. The second kappa shape index (κ2) is 6.31. The molecule has 2 bridgehead atoms. The summed E-state index contributed by atoms with van der Waals surface area (Å²) in [7, 11) is 0. The van der Waals surface area contributed by atoms with Crippen molar-refractivity contribution < 1.29 is 9.84 Å². The van der Waals surface area contributed by atoms with Gasteiger partial charge in [-0.15, -0.1) is 0 Å². The fourth-order valence-corrected chi connectivity index (χ4v) is 5.90. The van der Waals surface area contributed by atoms with Crippen LogP contribution >= 0.6 is 0 Å². The summed E-state index contributed by atoms with van der Waals surface area (Å²) < 4.78 is 6.26. The molecule has 0 aromatic heterocycles. The van der Waals surface area contributed by atoms with Crippen LogP contribution in [0.25, 0.3) is 0 Å². The van der Waals surface area contributed by atoms with E-state index in [0.29, 0.717) is 23.5 Å². The Labute approximate surface area is 142 Å². The molecule has 0 amide bonds. The van der Waals surface area contributed by atoms with E-state index in [9.17, 15) is 5.11 Å². The van der Waals surface area contributed by atoms with E-state index in [4.69, 9.17) is 4.74 Å². The Morgan fingerprint density at radius 3 is 2.30 bits per heavy atom. The van der Waals surface area contributed by atoms with E-state index >= 15 is 0 Å². The highest BCUT2D eigenvalue weighted by molar-refractivity contribution is 5.11. The molecule has 1 heterocycles. The van der Waals surface area contributed by atoms with E-state index in [1.165, 1.54) is 25.7 Å². The largest absolute Gasteiger partial charge is 0.389 e. The summed E-state index contributed by atoms with van der Waals surface area (Å²) in [5, 5.41) is 10.5. The quantitative estimate of drug-likeness (QED) is 0.840. The SMILES string of the molecule is C[C@@H]1C[C@H](C)CN(C[C@@H](O)CO[C@@H]2C[C@H]3CC[C@@]2(C)C3(C)C)C1. The fourth-order valence-electron chi connectivity index (χ4n) is 5.90. The van der Waals surface area contributed by atoms with Gasteiger partial charge in [0.05, 0.1) is 18.8 Å². The molecule has 0 spiro atoms. The summed E-state index contributed by atoms with van der Waals surface area (Å²) in [6.07, 6.45) is 5.14. The summed E-state index contributed by atoms with van der Waals surface area (Å²) in [4.78, 5) is 2.43. The highest BCUT2D eigenvalue weighted by Crippen LogP contribution is 2.66. The second-order valence-electron chi connectivity index (χ2n) is 9.75. The van der Waals surface area contributed by atoms with Crippen LogP contribution in [0, 0.1) is 28.6 Å². The van der Waals surface area contributed by atoms with Gasteiger partial charge in [-0.25, -0.2) is 0 Å². The number of aliphatic hydroxyl groups is 1. The molecule has 1 saturated heterocycles. The van der Waals surface area contributed by atoms with E-state index in [-0.39, 0.29) is 6.10 Å². The molecule has 3 nitrogen and oxygen atoms in total. The molecule has 0 radical (unpaired) electrons. The molecule has 1 aliphatic heterocycles. The Hall–Kier alpha value is -0.120. The maximum Gasteiger partial charge on any atom is 0.0900 e. The van der Waals surface area contributed by atoms with Gasteiger partial charge in [-0.3, -0.25) is 0 Å². The Morgan fingerprint density at radius 2 is 1.78 bits per heavy atom. The van der Waals surface area contributed by atoms with Crippen molar-refractivity contribution in [2.45, 2.75) is 72.5 Å². The third-order valence-corrected chi connectivity index (χ3v) is 7.62. The Morgan fingerprint density at radius 1 is 1.13 bits per heavy atom. The van der Waals surface area contributed by atoms with Gasteiger partial charge in [0.15, 0.2) is 0 Å². The minimum absolute atomic E-state index is 0.297. The number of piperidine rings is 1. The molecule has 3 aliphatic rings. The van der Waals surface area contributed by atoms with E-state index in [0.717, 1.165) is 37.4 Å². The second-order valence-corrected chi connectivity index (χ2v) is 9.75. The smallest absolute Gasteiger partial charge is 0.0900 e. The molecule has 3 heteroatoms. The highest BCUT2D eigenvalue weighted by atomic mass is 16.5. The van der Waals surface area contributed by atoms with Gasteiger partial charge in [-0.1, -0.05) is 34.6 Å². The van der Waals surface area contributed by atoms with Crippen LogP contribution in [0.5, 0.6) is 0 Å². The normalized spacial score (nSPS) is 44.6. The number of rotatable bonds is 5. The van der Waals surface area contributed by atoms with Crippen LogP contribution in [-0.4, -0.2) is 48.5 Å². The van der Waals surface area contributed by atoms with Crippen molar-refractivity contribution in [3.8, 4) is 0 Å². The third kappa shape index (κ3) is 3.21. The monoisotopic (exact) mass is 323 g/mol. The Bertz CT molecular complexity index is 414. The van der Waals surface area contributed by atoms with E-state index < -0.39 is 0 Å². The first-order valence-corrected chi connectivity index (χ1v) is 9.74. The molecule has 6 atom stereocenters. The van der Waals surface area contributed by atoms with Crippen molar-refractivity contribution in [3.05, 3.63) is 0 Å². The van der Waals surface area contributed by atoms with Crippen molar-refractivity contribution in [1.82, 2.24) is 4.90 Å². The Balaban J connectivity index is 1.48. The van der Waals surface area contributed by atoms with Gasteiger partial charge in [0.1, 0.15) is 0 Å². The lowest BCUT2D eigenvalue weighted by molar-refractivity contribution is -0.0813. The molecule has 2 saturated carbocycles. The summed E-state index contributed by atoms with van der Waals surface area (Å²) in [5.41, 5.74) is 0.686. The molecule has 0 aromatic rings. The molecule has 0 unspecified atom stereocenters. The van der Waals surface area contributed by atoms with E-state index in [2.05, 4.69) is 39.5 Å². The minimum atomic E-state index is -0.349. The lowest BCUT2D eigenvalue weighted by Crippen LogP contribution is -2.44. The van der Waals surface area contributed by atoms with Gasteiger partial charge in [-0.2, -0.15) is 0 Å². The summed E-state index contributed by atoms with van der Waals surface area (Å²) in [6, 6.07) is 0. The average molecular weight is 324 g/mol. The molecular weight excluding hydrogens is 286 g/mol. The predicted molar refractivity (Wildman–Crippen MR) is 94.4 cm³/mol. The number of hydrogen-bond acceptors (Lipinski definition) is 3. The van der Waals surface area contributed by atoms with Crippen molar-refractivity contribution in [3.63, 3.8) is 0 Å². The highest BCUT2D eigenvalue weighted by Gasteiger charge is 2.61. The average Bonchev–Trinajstić information content (AvgIpc) is 2.76. The zero-order valence-electron chi connectivity index (χ0n) is 15.8. The fraction of sp³-hybridized carbons (Fsp3) is 1.00. The predicted octanol–water partition coefficient (Wildman–Crippen LogP) is 3.56. The Kier molecular flexibility index (Phi) is 4.85. The lowest BCUT2D eigenvalue weighted by atomic mass is 9.70. The van der Waals surface area contributed by atoms with Gasteiger partial charge in [-0.05, 0) is 54.3 Å². The van der Waals surface area contributed by atoms with E-state index in [1.807, 2.05) is 0 Å². The van der Waals surface area contributed by atoms with Crippen molar-refractivity contribution in [2.75, 3.05) is 26.2 Å². The van der Waals surface area contributed by atoms with Crippen molar-refractivity contribution in [2.24, 2.45) is 28.6 Å². The van der Waals surface area contributed by atoms with Gasteiger partial charge in [0, 0.05) is 19.6 Å². The van der Waals surface area contributed by atoms with Gasteiger partial charge in [0.25, 0.3) is 0 Å². The van der Waals surface area contributed by atoms with E-state index in [1.54, 1.807) is 0 Å². The number of β-amino-alcohol motifs (C(OH)–C–C–N with tert-alkyl or cyclic N) is 1. The zero-order valence-corrected chi connectivity index (χ0v) is 15.8. The van der Waals surface area contributed by atoms with Gasteiger partial charge in [0.2, 0.25) is 0 Å². The first-order chi connectivity index (χ1) is 10.7. The minimum Gasteiger partial charge on any atom is -0.389 e. The number of likely N-dealkylation sites (tertiary alicyclic amines) is 1. The first kappa shape index (κ1) is 17.7. The van der Waals surface area contributed by atoms with Crippen LogP contribution in [0.1, 0.15) is 60.3 Å².